The Bertz CT molecular complexity index is 361. The Labute approximate surface area is 129 Å². The van der Waals surface area contributed by atoms with Gasteiger partial charge in [0.25, 0.3) is 0 Å². The first-order chi connectivity index (χ1) is 9.87. The average molecular weight is 319 g/mol. The molecule has 122 valence electrons. The van der Waals surface area contributed by atoms with Crippen LogP contribution in [0.1, 0.15) is 27.2 Å². The van der Waals surface area contributed by atoms with Crippen molar-refractivity contribution in [3.8, 4) is 0 Å². The number of nitrogens with one attached hydrogen (secondary N) is 2. The van der Waals surface area contributed by atoms with Crippen molar-refractivity contribution in [2.24, 2.45) is 0 Å². The van der Waals surface area contributed by atoms with Crippen LogP contribution in [0.4, 0.5) is 4.79 Å². The summed E-state index contributed by atoms with van der Waals surface area (Å²) < 4.78 is 0. The monoisotopic (exact) mass is 319 g/mol. The smallest absolute Gasteiger partial charge is 0.326 e. The molecule has 0 aliphatic rings. The molecular formula is C13H25N3O4S. The minimum atomic E-state index is -1.08. The van der Waals surface area contributed by atoms with Gasteiger partial charge in [0.05, 0.1) is 0 Å². The molecule has 0 radical (unpaired) electrons. The maximum atomic E-state index is 12.0. The van der Waals surface area contributed by atoms with Gasteiger partial charge in [-0.25, -0.2) is 9.59 Å². The molecule has 0 aliphatic heterocycles. The highest BCUT2D eigenvalue weighted by atomic mass is 32.2. The van der Waals surface area contributed by atoms with Crippen LogP contribution in [0, 0.1) is 0 Å². The van der Waals surface area contributed by atoms with Gasteiger partial charge in [0, 0.05) is 13.1 Å². The highest BCUT2D eigenvalue weighted by molar-refractivity contribution is 7.98. The van der Waals surface area contributed by atoms with Crippen molar-refractivity contribution in [3.05, 3.63) is 0 Å². The molecule has 0 aromatic heterocycles. The number of amides is 3. The summed E-state index contributed by atoms with van der Waals surface area (Å²) in [4.78, 5) is 36.4. The molecule has 0 aromatic rings. The average Bonchev–Trinajstić information content (AvgIpc) is 2.44. The van der Waals surface area contributed by atoms with Crippen molar-refractivity contribution in [1.29, 1.82) is 0 Å². The van der Waals surface area contributed by atoms with Gasteiger partial charge in [-0.2, -0.15) is 11.8 Å². The largest absolute Gasteiger partial charge is 0.480 e. The van der Waals surface area contributed by atoms with Crippen LogP contribution in [0.25, 0.3) is 0 Å². The number of hydrogen-bond donors (Lipinski definition) is 3. The number of thioether (sulfide) groups is 1. The van der Waals surface area contributed by atoms with Crippen molar-refractivity contribution in [2.45, 2.75) is 39.3 Å². The molecule has 0 saturated carbocycles. The van der Waals surface area contributed by atoms with Crippen LogP contribution in [-0.2, 0) is 9.59 Å². The van der Waals surface area contributed by atoms with E-state index in [0.29, 0.717) is 25.3 Å². The van der Waals surface area contributed by atoms with E-state index in [0.717, 1.165) is 0 Å². The Morgan fingerprint density at radius 2 is 1.76 bits per heavy atom. The normalized spacial score (nSPS) is 13.1. The van der Waals surface area contributed by atoms with Crippen LogP contribution in [0.5, 0.6) is 0 Å². The quantitative estimate of drug-likeness (QED) is 0.582. The van der Waals surface area contributed by atoms with Crippen molar-refractivity contribution in [1.82, 2.24) is 15.5 Å². The lowest BCUT2D eigenvalue weighted by molar-refractivity contribution is -0.139. The van der Waals surface area contributed by atoms with Gasteiger partial charge in [-0.15, -0.1) is 0 Å². The van der Waals surface area contributed by atoms with E-state index < -0.39 is 24.1 Å². The summed E-state index contributed by atoms with van der Waals surface area (Å²) in [6.07, 6.45) is 2.20. The van der Waals surface area contributed by atoms with Gasteiger partial charge in [0.1, 0.15) is 12.1 Å². The summed E-state index contributed by atoms with van der Waals surface area (Å²) in [6, 6.07) is -2.29. The van der Waals surface area contributed by atoms with Crippen molar-refractivity contribution in [2.75, 3.05) is 25.1 Å². The molecule has 8 heteroatoms. The van der Waals surface area contributed by atoms with Crippen LogP contribution in [0.2, 0.25) is 0 Å². The highest BCUT2D eigenvalue weighted by Gasteiger charge is 2.23. The van der Waals surface area contributed by atoms with Gasteiger partial charge in [0.2, 0.25) is 5.91 Å². The summed E-state index contributed by atoms with van der Waals surface area (Å²) in [5.74, 6) is -0.640. The number of urea groups is 1. The zero-order chi connectivity index (χ0) is 16.4. The molecule has 0 heterocycles. The molecule has 0 bridgehead atoms. The fraction of sp³-hybridized carbons (Fsp3) is 0.769. The molecule has 0 aromatic carbocycles. The Balaban J connectivity index is 4.45. The van der Waals surface area contributed by atoms with E-state index in [4.69, 9.17) is 5.11 Å². The number of carboxylic acid groups (broad SMARTS) is 1. The summed E-state index contributed by atoms with van der Waals surface area (Å²) in [7, 11) is 0. The van der Waals surface area contributed by atoms with Crippen LogP contribution < -0.4 is 10.6 Å². The second kappa shape index (κ2) is 10.3. The van der Waals surface area contributed by atoms with Gasteiger partial charge in [0.15, 0.2) is 0 Å². The van der Waals surface area contributed by atoms with Crippen molar-refractivity contribution in [3.63, 3.8) is 0 Å². The number of rotatable bonds is 9. The van der Waals surface area contributed by atoms with Crippen molar-refractivity contribution < 1.29 is 19.5 Å². The summed E-state index contributed by atoms with van der Waals surface area (Å²) in [6.45, 7) is 6.43. The van der Waals surface area contributed by atoms with E-state index in [1.807, 2.05) is 20.1 Å². The summed E-state index contributed by atoms with van der Waals surface area (Å²) in [5.41, 5.74) is 0. The molecule has 0 spiro atoms. The first-order valence-electron chi connectivity index (χ1n) is 6.94. The highest BCUT2D eigenvalue weighted by Crippen LogP contribution is 2.01. The Kier molecular flexibility index (Phi) is 9.60. The topological polar surface area (TPSA) is 98.7 Å². The number of carbonyl (C=O) groups is 3. The van der Waals surface area contributed by atoms with E-state index >= 15 is 0 Å². The molecule has 3 N–H and O–H groups in total. The minimum Gasteiger partial charge on any atom is -0.480 e. The second-order valence-electron chi connectivity index (χ2n) is 4.52. The molecule has 2 atom stereocenters. The van der Waals surface area contributed by atoms with Crippen molar-refractivity contribution >= 4 is 29.7 Å². The molecule has 7 nitrogen and oxygen atoms in total. The lowest BCUT2D eigenvalue weighted by atomic mass is 10.2. The number of carbonyl (C=O) groups excluding carboxylic acids is 2. The predicted octanol–water partition coefficient (Wildman–Crippen LogP) is 0.749. The third-order valence-corrected chi connectivity index (χ3v) is 3.65. The van der Waals surface area contributed by atoms with E-state index in [-0.39, 0.29) is 5.91 Å². The minimum absolute atomic E-state index is 0.189. The third-order valence-electron chi connectivity index (χ3n) is 3.01. The van der Waals surface area contributed by atoms with Gasteiger partial charge in [-0.3, -0.25) is 4.79 Å². The lowest BCUT2D eigenvalue weighted by Gasteiger charge is -2.24. The maximum Gasteiger partial charge on any atom is 0.326 e. The maximum absolute atomic E-state index is 12.0. The molecular weight excluding hydrogens is 294 g/mol. The fourth-order valence-electron chi connectivity index (χ4n) is 1.76. The van der Waals surface area contributed by atoms with E-state index in [1.54, 1.807) is 11.8 Å². The standard InChI is InChI=1S/C13H25N3O4S/c1-5-16(6-2)11(17)9(3)14-13(20)15-10(12(18)19)7-8-21-4/h9-10H,5-8H2,1-4H3,(H,18,19)(H2,14,15,20)/t9?,10-/m1/s1. The molecule has 0 saturated heterocycles. The van der Waals surface area contributed by atoms with E-state index in [9.17, 15) is 14.4 Å². The molecule has 0 fully saturated rings. The van der Waals surface area contributed by atoms with E-state index in [1.165, 1.54) is 11.8 Å². The molecule has 3 amide bonds. The third kappa shape index (κ3) is 7.22. The number of carboxylic acids is 1. The van der Waals surface area contributed by atoms with Crippen LogP contribution in [-0.4, -0.2) is 65.1 Å². The lowest BCUT2D eigenvalue weighted by Crippen LogP contribution is -2.53. The SMILES string of the molecule is CCN(CC)C(=O)C(C)NC(=O)N[C@H](CCSC)C(=O)O. The van der Waals surface area contributed by atoms with Gasteiger partial charge in [-0.05, 0) is 39.2 Å². The first-order valence-corrected chi connectivity index (χ1v) is 8.34. The molecule has 0 rings (SSSR count). The number of aliphatic carboxylic acids is 1. The van der Waals surface area contributed by atoms with Crippen LogP contribution in [0.15, 0.2) is 0 Å². The molecule has 0 aliphatic carbocycles. The van der Waals surface area contributed by atoms with Crippen LogP contribution >= 0.6 is 11.8 Å². The van der Waals surface area contributed by atoms with Crippen LogP contribution in [0.3, 0.4) is 0 Å². The van der Waals surface area contributed by atoms with Gasteiger partial charge < -0.3 is 20.6 Å². The zero-order valence-electron chi connectivity index (χ0n) is 13.0. The van der Waals surface area contributed by atoms with E-state index in [2.05, 4.69) is 10.6 Å². The summed E-state index contributed by atoms with van der Waals surface area (Å²) >= 11 is 1.51. The van der Waals surface area contributed by atoms with Gasteiger partial charge >= 0.3 is 12.0 Å². The number of hydrogen-bond acceptors (Lipinski definition) is 4. The molecule has 21 heavy (non-hydrogen) atoms. The second-order valence-corrected chi connectivity index (χ2v) is 5.51. The zero-order valence-corrected chi connectivity index (χ0v) is 13.8. The molecule has 1 unspecified atom stereocenters. The number of likely N-dealkylation sites (N-methyl/N-ethyl adjacent to an activating group) is 1. The predicted molar refractivity (Wildman–Crippen MR) is 83.5 cm³/mol. The Hall–Kier alpha value is -1.44. The Morgan fingerprint density at radius 3 is 2.19 bits per heavy atom. The van der Waals surface area contributed by atoms with Gasteiger partial charge in [-0.1, -0.05) is 0 Å². The fourth-order valence-corrected chi connectivity index (χ4v) is 2.23. The first kappa shape index (κ1) is 19.6. The summed E-state index contributed by atoms with van der Waals surface area (Å²) in [5, 5.41) is 13.9. The Morgan fingerprint density at radius 1 is 1.19 bits per heavy atom. The number of nitrogens with zero attached hydrogens (tertiary/aromatic N) is 1.